The lowest BCUT2D eigenvalue weighted by molar-refractivity contribution is 0.588. The molecular formula is C13H25N3. The van der Waals surface area contributed by atoms with Crippen molar-refractivity contribution in [2.75, 3.05) is 13.1 Å². The summed E-state index contributed by atoms with van der Waals surface area (Å²) in [5.41, 5.74) is 0. The molecule has 1 rings (SSSR count). The lowest BCUT2D eigenvalue weighted by Gasteiger charge is -2.16. The lowest BCUT2D eigenvalue weighted by Crippen LogP contribution is -2.42. The zero-order chi connectivity index (χ0) is 11.8. The molecular weight excluding hydrogens is 198 g/mol. The van der Waals surface area contributed by atoms with Crippen LogP contribution in [0.2, 0.25) is 0 Å². The Kier molecular flexibility index (Phi) is 5.98. The summed E-state index contributed by atoms with van der Waals surface area (Å²) >= 11 is 0. The fourth-order valence-corrected chi connectivity index (χ4v) is 1.68. The Hall–Kier alpha value is -0.990. The van der Waals surface area contributed by atoms with Gasteiger partial charge in [0.15, 0.2) is 5.96 Å². The number of hydrogen-bond acceptors (Lipinski definition) is 1. The predicted molar refractivity (Wildman–Crippen MR) is 70.7 cm³/mol. The molecule has 3 nitrogen and oxygen atoms in total. The number of nitrogens with zero attached hydrogens (tertiary/aromatic N) is 1. The Bertz CT molecular complexity index is 236. The van der Waals surface area contributed by atoms with E-state index >= 15 is 0 Å². The van der Waals surface area contributed by atoms with Crippen LogP contribution in [0.1, 0.15) is 40.0 Å². The van der Waals surface area contributed by atoms with Crippen molar-refractivity contribution >= 4 is 5.96 Å². The molecule has 0 amide bonds. The Morgan fingerprint density at radius 1 is 1.38 bits per heavy atom. The van der Waals surface area contributed by atoms with Crippen molar-refractivity contribution in [3.63, 3.8) is 0 Å². The van der Waals surface area contributed by atoms with Gasteiger partial charge in [0.05, 0.1) is 0 Å². The first kappa shape index (κ1) is 13.1. The summed E-state index contributed by atoms with van der Waals surface area (Å²) in [6.07, 6.45) is 7.85. The highest BCUT2D eigenvalue weighted by Crippen LogP contribution is 2.08. The van der Waals surface area contributed by atoms with E-state index in [4.69, 9.17) is 0 Å². The van der Waals surface area contributed by atoms with Gasteiger partial charge < -0.3 is 10.6 Å². The molecule has 92 valence electrons. The van der Waals surface area contributed by atoms with E-state index in [2.05, 4.69) is 48.5 Å². The first-order chi connectivity index (χ1) is 7.72. The fourth-order valence-electron chi connectivity index (χ4n) is 1.68. The third-order valence-electron chi connectivity index (χ3n) is 2.67. The molecule has 0 saturated heterocycles. The van der Waals surface area contributed by atoms with Gasteiger partial charge >= 0.3 is 0 Å². The molecule has 2 N–H and O–H groups in total. The van der Waals surface area contributed by atoms with Crippen molar-refractivity contribution in [2.45, 2.75) is 46.1 Å². The summed E-state index contributed by atoms with van der Waals surface area (Å²) in [5.74, 6) is 1.69. The molecule has 0 aromatic rings. The second-order valence-corrected chi connectivity index (χ2v) is 4.73. The maximum absolute atomic E-state index is 4.58. The van der Waals surface area contributed by atoms with Crippen molar-refractivity contribution in [1.82, 2.24) is 10.6 Å². The molecule has 0 unspecified atom stereocenters. The lowest BCUT2D eigenvalue weighted by atomic mass is 10.1. The van der Waals surface area contributed by atoms with Crippen LogP contribution in [0, 0.1) is 5.92 Å². The standard InChI is InChI=1S/C13H25N3/c1-4-14-13(15-10-9-11(2)3)16-12-7-5-6-8-12/h5-6,11-12H,4,7-10H2,1-3H3,(H2,14,15,16). The number of aliphatic imine (C=N–C) groups is 1. The average molecular weight is 223 g/mol. The highest BCUT2D eigenvalue weighted by Gasteiger charge is 2.11. The van der Waals surface area contributed by atoms with E-state index < -0.39 is 0 Å². The fraction of sp³-hybridized carbons (Fsp3) is 0.769. The Morgan fingerprint density at radius 3 is 2.62 bits per heavy atom. The molecule has 0 aromatic heterocycles. The maximum atomic E-state index is 4.58. The second kappa shape index (κ2) is 7.31. The van der Waals surface area contributed by atoms with Gasteiger partial charge in [-0.3, -0.25) is 4.99 Å². The van der Waals surface area contributed by atoms with Crippen LogP contribution in [0.4, 0.5) is 0 Å². The van der Waals surface area contributed by atoms with Gasteiger partial charge in [-0.2, -0.15) is 0 Å². The van der Waals surface area contributed by atoms with E-state index in [1.807, 2.05) is 0 Å². The van der Waals surface area contributed by atoms with E-state index in [0.29, 0.717) is 6.04 Å². The molecule has 3 heteroatoms. The Labute approximate surface area is 99.4 Å². The summed E-state index contributed by atoms with van der Waals surface area (Å²) in [6, 6.07) is 0.539. The molecule has 16 heavy (non-hydrogen) atoms. The number of guanidine groups is 1. The van der Waals surface area contributed by atoms with Crippen LogP contribution in [0.25, 0.3) is 0 Å². The molecule has 0 radical (unpaired) electrons. The van der Waals surface area contributed by atoms with Crippen molar-refractivity contribution in [1.29, 1.82) is 0 Å². The van der Waals surface area contributed by atoms with Crippen molar-refractivity contribution in [3.05, 3.63) is 12.2 Å². The quantitative estimate of drug-likeness (QED) is 0.426. The van der Waals surface area contributed by atoms with E-state index in [1.54, 1.807) is 0 Å². The third kappa shape index (κ3) is 5.19. The molecule has 0 heterocycles. The van der Waals surface area contributed by atoms with E-state index in [9.17, 15) is 0 Å². The van der Waals surface area contributed by atoms with Crippen molar-refractivity contribution in [3.8, 4) is 0 Å². The largest absolute Gasteiger partial charge is 0.357 e. The molecule has 0 bridgehead atoms. The van der Waals surface area contributed by atoms with Crippen LogP contribution < -0.4 is 10.6 Å². The zero-order valence-corrected chi connectivity index (χ0v) is 10.8. The SMILES string of the molecule is CCNC(=NCCC(C)C)NC1CC=CC1. The molecule has 0 aromatic carbocycles. The van der Waals surface area contributed by atoms with Crippen LogP contribution in [-0.4, -0.2) is 25.1 Å². The predicted octanol–water partition coefficient (Wildman–Crippen LogP) is 2.31. The number of hydrogen-bond donors (Lipinski definition) is 2. The molecule has 0 fully saturated rings. The molecule has 0 aliphatic heterocycles. The minimum absolute atomic E-state index is 0.539. The van der Waals surface area contributed by atoms with E-state index in [0.717, 1.165) is 44.2 Å². The summed E-state index contributed by atoms with van der Waals surface area (Å²) in [7, 11) is 0. The first-order valence-electron chi connectivity index (χ1n) is 6.42. The number of rotatable bonds is 5. The van der Waals surface area contributed by atoms with Crippen LogP contribution in [0.3, 0.4) is 0 Å². The Morgan fingerprint density at radius 2 is 2.06 bits per heavy atom. The topological polar surface area (TPSA) is 36.4 Å². The number of nitrogens with one attached hydrogen (secondary N) is 2. The van der Waals surface area contributed by atoms with Gasteiger partial charge in [0, 0.05) is 19.1 Å². The van der Waals surface area contributed by atoms with Gasteiger partial charge in [-0.05, 0) is 32.1 Å². The zero-order valence-electron chi connectivity index (χ0n) is 10.8. The van der Waals surface area contributed by atoms with E-state index in [1.165, 1.54) is 0 Å². The van der Waals surface area contributed by atoms with Gasteiger partial charge in [-0.1, -0.05) is 26.0 Å². The smallest absolute Gasteiger partial charge is 0.191 e. The summed E-state index contributed by atoms with van der Waals surface area (Å²) in [5, 5.41) is 6.76. The highest BCUT2D eigenvalue weighted by atomic mass is 15.2. The van der Waals surface area contributed by atoms with Gasteiger partial charge in [0.25, 0.3) is 0 Å². The van der Waals surface area contributed by atoms with Gasteiger partial charge in [-0.25, -0.2) is 0 Å². The van der Waals surface area contributed by atoms with Crippen LogP contribution in [0.15, 0.2) is 17.1 Å². The van der Waals surface area contributed by atoms with E-state index in [-0.39, 0.29) is 0 Å². The van der Waals surface area contributed by atoms with Crippen LogP contribution >= 0.6 is 0 Å². The summed E-state index contributed by atoms with van der Waals surface area (Å²) < 4.78 is 0. The van der Waals surface area contributed by atoms with Crippen molar-refractivity contribution in [2.24, 2.45) is 10.9 Å². The van der Waals surface area contributed by atoms with Crippen LogP contribution in [0.5, 0.6) is 0 Å². The Balaban J connectivity index is 2.33. The summed E-state index contributed by atoms with van der Waals surface area (Å²) in [4.78, 5) is 4.58. The summed E-state index contributed by atoms with van der Waals surface area (Å²) in [6.45, 7) is 8.40. The highest BCUT2D eigenvalue weighted by molar-refractivity contribution is 5.80. The maximum Gasteiger partial charge on any atom is 0.191 e. The normalized spacial score (nSPS) is 17.1. The van der Waals surface area contributed by atoms with Gasteiger partial charge in [-0.15, -0.1) is 0 Å². The van der Waals surface area contributed by atoms with Gasteiger partial charge in [0.2, 0.25) is 0 Å². The average Bonchev–Trinajstić information content (AvgIpc) is 2.70. The van der Waals surface area contributed by atoms with Crippen molar-refractivity contribution < 1.29 is 0 Å². The first-order valence-corrected chi connectivity index (χ1v) is 6.42. The molecule has 1 aliphatic rings. The molecule has 1 aliphatic carbocycles. The third-order valence-corrected chi connectivity index (χ3v) is 2.67. The molecule has 0 saturated carbocycles. The molecule has 0 atom stereocenters. The minimum Gasteiger partial charge on any atom is -0.357 e. The van der Waals surface area contributed by atoms with Gasteiger partial charge in [0.1, 0.15) is 0 Å². The monoisotopic (exact) mass is 223 g/mol. The van der Waals surface area contributed by atoms with Crippen LogP contribution in [-0.2, 0) is 0 Å². The minimum atomic E-state index is 0.539. The molecule has 0 spiro atoms. The second-order valence-electron chi connectivity index (χ2n) is 4.73.